The Labute approximate surface area is 104 Å². The third kappa shape index (κ3) is 2.52. The van der Waals surface area contributed by atoms with Crippen LogP contribution >= 0.6 is 0 Å². The Bertz CT molecular complexity index is 566. The molecule has 0 amide bonds. The Morgan fingerprint density at radius 1 is 1.41 bits per heavy atom. The standard InChI is InChI=1S/C11H15NO3S2/c1-8-3-2-4-10(11(8)12)16(13)9-5-6-17(14,15)7-9/h2-4,9H,5-7,12H2,1H3. The van der Waals surface area contributed by atoms with E-state index in [1.54, 1.807) is 12.1 Å². The number of nitrogen functional groups attached to an aromatic ring is 1. The van der Waals surface area contributed by atoms with E-state index in [1.807, 2.05) is 13.0 Å². The van der Waals surface area contributed by atoms with Gasteiger partial charge in [-0.1, -0.05) is 12.1 Å². The zero-order valence-electron chi connectivity index (χ0n) is 9.55. The van der Waals surface area contributed by atoms with E-state index in [2.05, 4.69) is 0 Å². The van der Waals surface area contributed by atoms with Gasteiger partial charge in [0, 0.05) is 0 Å². The first kappa shape index (κ1) is 12.6. The molecule has 1 fully saturated rings. The lowest BCUT2D eigenvalue weighted by Gasteiger charge is -2.11. The molecule has 2 N–H and O–H groups in total. The molecule has 0 aliphatic carbocycles. The summed E-state index contributed by atoms with van der Waals surface area (Å²) in [5.74, 6) is 0.141. The van der Waals surface area contributed by atoms with Crippen LogP contribution in [0.5, 0.6) is 0 Å². The predicted octanol–water partition coefficient (Wildman–Crippen LogP) is 0.872. The molecule has 2 rings (SSSR count). The van der Waals surface area contributed by atoms with Gasteiger partial charge >= 0.3 is 0 Å². The van der Waals surface area contributed by atoms with Gasteiger partial charge in [0.2, 0.25) is 0 Å². The highest BCUT2D eigenvalue weighted by atomic mass is 32.2. The van der Waals surface area contributed by atoms with Crippen molar-refractivity contribution >= 4 is 26.3 Å². The van der Waals surface area contributed by atoms with Crippen molar-refractivity contribution in [3.8, 4) is 0 Å². The number of hydrogen-bond acceptors (Lipinski definition) is 4. The van der Waals surface area contributed by atoms with Crippen molar-refractivity contribution in [1.29, 1.82) is 0 Å². The largest absolute Gasteiger partial charge is 0.398 e. The van der Waals surface area contributed by atoms with Crippen LogP contribution in [0.25, 0.3) is 0 Å². The lowest BCUT2D eigenvalue weighted by molar-refractivity contribution is 0.602. The fourth-order valence-corrected chi connectivity index (χ4v) is 6.03. The van der Waals surface area contributed by atoms with Gasteiger partial charge in [0.05, 0.1) is 38.1 Å². The molecule has 1 heterocycles. The van der Waals surface area contributed by atoms with Gasteiger partial charge in [0.1, 0.15) is 0 Å². The molecule has 1 aromatic carbocycles. The van der Waals surface area contributed by atoms with E-state index in [9.17, 15) is 12.6 Å². The van der Waals surface area contributed by atoms with E-state index < -0.39 is 20.6 Å². The Morgan fingerprint density at radius 3 is 2.71 bits per heavy atom. The molecular formula is C11H15NO3S2. The summed E-state index contributed by atoms with van der Waals surface area (Å²) in [4.78, 5) is 0.562. The molecule has 1 saturated heterocycles. The normalized spacial score (nSPS) is 24.6. The molecule has 0 radical (unpaired) electrons. The molecule has 17 heavy (non-hydrogen) atoms. The summed E-state index contributed by atoms with van der Waals surface area (Å²) in [6.45, 7) is 1.85. The Hall–Kier alpha value is -0.880. The summed E-state index contributed by atoms with van der Waals surface area (Å²) < 4.78 is 35.0. The molecule has 1 aliphatic heterocycles. The maximum absolute atomic E-state index is 12.3. The molecule has 2 atom stereocenters. The summed E-state index contributed by atoms with van der Waals surface area (Å²) in [5, 5.41) is -0.316. The Balaban J connectivity index is 2.30. The maximum Gasteiger partial charge on any atom is 0.151 e. The molecule has 2 unspecified atom stereocenters. The molecule has 1 aromatic rings. The van der Waals surface area contributed by atoms with Gasteiger partial charge in [-0.05, 0) is 25.0 Å². The first-order valence-electron chi connectivity index (χ1n) is 5.37. The summed E-state index contributed by atoms with van der Waals surface area (Å²) >= 11 is 0. The molecule has 6 heteroatoms. The number of aryl methyl sites for hydroxylation is 1. The average Bonchev–Trinajstić information content (AvgIpc) is 2.62. The quantitative estimate of drug-likeness (QED) is 0.811. The average molecular weight is 273 g/mol. The summed E-state index contributed by atoms with van der Waals surface area (Å²) in [6, 6.07) is 5.35. The fraction of sp³-hybridized carbons (Fsp3) is 0.455. The van der Waals surface area contributed by atoms with Crippen LogP contribution in [0, 0.1) is 6.92 Å². The van der Waals surface area contributed by atoms with Crippen molar-refractivity contribution in [1.82, 2.24) is 0 Å². The van der Waals surface area contributed by atoms with Crippen molar-refractivity contribution in [2.75, 3.05) is 17.2 Å². The van der Waals surface area contributed by atoms with Crippen LogP contribution in [-0.2, 0) is 20.6 Å². The van der Waals surface area contributed by atoms with Crippen molar-refractivity contribution in [2.45, 2.75) is 23.5 Å². The van der Waals surface area contributed by atoms with E-state index in [0.717, 1.165) is 5.56 Å². The molecule has 0 saturated carbocycles. The second kappa shape index (κ2) is 4.42. The molecule has 4 nitrogen and oxygen atoms in total. The van der Waals surface area contributed by atoms with Gasteiger partial charge in [-0.3, -0.25) is 4.21 Å². The third-order valence-corrected chi connectivity index (χ3v) is 6.77. The Kier molecular flexibility index (Phi) is 3.27. The van der Waals surface area contributed by atoms with E-state index in [4.69, 9.17) is 5.73 Å². The topological polar surface area (TPSA) is 77.2 Å². The van der Waals surface area contributed by atoms with Crippen molar-refractivity contribution in [3.05, 3.63) is 23.8 Å². The number of rotatable bonds is 2. The molecule has 1 aliphatic rings. The number of benzene rings is 1. The van der Waals surface area contributed by atoms with E-state index in [1.165, 1.54) is 0 Å². The first-order chi connectivity index (χ1) is 7.91. The van der Waals surface area contributed by atoms with Gasteiger partial charge in [0.15, 0.2) is 9.84 Å². The third-order valence-electron chi connectivity index (χ3n) is 2.99. The van der Waals surface area contributed by atoms with Crippen LogP contribution in [0.1, 0.15) is 12.0 Å². The zero-order valence-corrected chi connectivity index (χ0v) is 11.2. The number of sulfone groups is 1. The molecule has 0 aromatic heterocycles. The van der Waals surface area contributed by atoms with E-state index in [0.29, 0.717) is 17.0 Å². The van der Waals surface area contributed by atoms with Crippen LogP contribution < -0.4 is 5.73 Å². The number of nitrogens with two attached hydrogens (primary N) is 1. The first-order valence-corrected chi connectivity index (χ1v) is 8.40. The van der Waals surface area contributed by atoms with E-state index in [-0.39, 0.29) is 16.8 Å². The van der Waals surface area contributed by atoms with Crippen LogP contribution in [0.15, 0.2) is 23.1 Å². The highest BCUT2D eigenvalue weighted by molar-refractivity contribution is 7.94. The predicted molar refractivity (Wildman–Crippen MR) is 69.1 cm³/mol. The van der Waals surface area contributed by atoms with Crippen molar-refractivity contribution in [2.24, 2.45) is 0 Å². The Morgan fingerprint density at radius 2 is 2.12 bits per heavy atom. The zero-order chi connectivity index (χ0) is 12.6. The summed E-state index contributed by atoms with van der Waals surface area (Å²) in [5.41, 5.74) is 7.26. The van der Waals surface area contributed by atoms with Crippen LogP contribution in [-0.4, -0.2) is 29.4 Å². The van der Waals surface area contributed by atoms with Gasteiger partial charge in [-0.25, -0.2) is 8.42 Å². The minimum Gasteiger partial charge on any atom is -0.398 e. The van der Waals surface area contributed by atoms with Crippen molar-refractivity contribution in [3.63, 3.8) is 0 Å². The van der Waals surface area contributed by atoms with Gasteiger partial charge in [-0.2, -0.15) is 0 Å². The molecule has 0 spiro atoms. The second-order valence-electron chi connectivity index (χ2n) is 4.31. The second-order valence-corrected chi connectivity index (χ2v) is 8.24. The smallest absolute Gasteiger partial charge is 0.151 e. The van der Waals surface area contributed by atoms with Gasteiger partial charge < -0.3 is 5.73 Å². The maximum atomic E-state index is 12.3. The van der Waals surface area contributed by atoms with Gasteiger partial charge in [0.25, 0.3) is 0 Å². The van der Waals surface area contributed by atoms with E-state index >= 15 is 0 Å². The lowest BCUT2D eigenvalue weighted by Crippen LogP contribution is -2.18. The van der Waals surface area contributed by atoms with Gasteiger partial charge in [-0.15, -0.1) is 0 Å². The van der Waals surface area contributed by atoms with Crippen molar-refractivity contribution < 1.29 is 12.6 Å². The minimum absolute atomic E-state index is 0.00694. The van der Waals surface area contributed by atoms with Crippen LogP contribution in [0.4, 0.5) is 5.69 Å². The number of anilines is 1. The monoisotopic (exact) mass is 273 g/mol. The van der Waals surface area contributed by atoms with Crippen LogP contribution in [0.3, 0.4) is 0 Å². The fourth-order valence-electron chi connectivity index (χ4n) is 1.94. The molecular weight excluding hydrogens is 258 g/mol. The number of hydrogen-bond donors (Lipinski definition) is 1. The summed E-state index contributed by atoms with van der Waals surface area (Å²) in [7, 11) is -4.34. The highest BCUT2D eigenvalue weighted by Crippen LogP contribution is 2.27. The lowest BCUT2D eigenvalue weighted by atomic mass is 10.2. The SMILES string of the molecule is Cc1cccc(S(=O)C2CCS(=O)(=O)C2)c1N. The number of para-hydroxylation sites is 1. The summed E-state index contributed by atoms with van der Waals surface area (Å²) in [6.07, 6.45) is 0.461. The highest BCUT2D eigenvalue weighted by Gasteiger charge is 2.33. The molecule has 94 valence electrons. The molecule has 0 bridgehead atoms. The minimum atomic E-state index is -3.01. The van der Waals surface area contributed by atoms with Crippen LogP contribution in [0.2, 0.25) is 0 Å².